The van der Waals surface area contributed by atoms with E-state index in [1.165, 1.54) is 22.7 Å². The summed E-state index contributed by atoms with van der Waals surface area (Å²) in [5.74, 6) is -1.95. The number of aromatic hydroxyl groups is 1. The molecule has 0 unspecified atom stereocenters. The summed E-state index contributed by atoms with van der Waals surface area (Å²) in [4.78, 5) is 52.1. The Kier molecular flexibility index (Phi) is 7.24. The lowest BCUT2D eigenvalue weighted by molar-refractivity contribution is -0.150. The van der Waals surface area contributed by atoms with Gasteiger partial charge in [-0.05, 0) is 53.7 Å². The van der Waals surface area contributed by atoms with Gasteiger partial charge in [-0.3, -0.25) is 19.3 Å². The van der Waals surface area contributed by atoms with E-state index in [0.29, 0.717) is 36.1 Å². The molecule has 4 N–H and O–H groups in total. The van der Waals surface area contributed by atoms with Gasteiger partial charge in [-0.15, -0.1) is 11.8 Å². The molecule has 2 aromatic rings. The first-order chi connectivity index (χ1) is 18.3. The molecule has 5 rings (SSSR count). The fraction of sp³-hybridized carbons (Fsp3) is 0.286. The summed E-state index contributed by atoms with van der Waals surface area (Å²) in [6, 6.07) is 15.3. The van der Waals surface area contributed by atoms with Crippen molar-refractivity contribution in [1.29, 1.82) is 0 Å². The standard InChI is InChI=1S/C28H27N3O6S/c32-18-8-4-7-17(13-18)14-20(19-11-12-29-25(19)34)21-15-38-27-23(26(35)31(27)24(21)28(36)37)30-22(33)10-9-16-5-2-1-3-6-16/h1-8,13,23,27,32H,9-12,14-15H2,(H,29,34)(H,30,33)(H,36,37)/t23-,27-/m1/s1. The van der Waals surface area contributed by atoms with Gasteiger partial charge >= 0.3 is 5.97 Å². The SMILES string of the molecule is O=C(CCc1ccccc1)N[C@@H]1C(=O)N2C(C(=O)O)=C(C(Cc3cccc(O)c3)=C3CCNC3=O)CS[C@H]12. The number of phenolic OH excluding ortho intramolecular Hbond substituents is 1. The number of nitrogens with zero attached hydrogens (tertiary/aromatic N) is 1. The van der Waals surface area contributed by atoms with E-state index in [4.69, 9.17) is 0 Å². The van der Waals surface area contributed by atoms with Gasteiger partial charge in [0.25, 0.3) is 5.91 Å². The van der Waals surface area contributed by atoms with E-state index in [1.54, 1.807) is 18.2 Å². The number of nitrogens with one attached hydrogen (secondary N) is 2. The van der Waals surface area contributed by atoms with E-state index >= 15 is 0 Å². The number of amides is 3. The molecule has 0 spiro atoms. The highest BCUT2D eigenvalue weighted by Gasteiger charge is 2.54. The Labute approximate surface area is 223 Å². The minimum Gasteiger partial charge on any atom is -0.508 e. The molecule has 2 fully saturated rings. The Morgan fingerprint density at radius 3 is 2.53 bits per heavy atom. The lowest BCUT2D eigenvalue weighted by atomic mass is 9.90. The summed E-state index contributed by atoms with van der Waals surface area (Å²) in [5.41, 5.74) is 3.03. The number of phenols is 1. The molecule has 3 aliphatic rings. The monoisotopic (exact) mass is 533 g/mol. The van der Waals surface area contributed by atoms with Gasteiger partial charge in [0.05, 0.1) is 0 Å². The third-order valence-electron chi connectivity index (χ3n) is 6.93. The number of aryl methyl sites for hydroxylation is 1. The molecule has 3 aliphatic heterocycles. The van der Waals surface area contributed by atoms with Crippen LogP contribution in [0.1, 0.15) is 24.0 Å². The second-order valence-electron chi connectivity index (χ2n) is 9.38. The second-order valence-corrected chi connectivity index (χ2v) is 10.5. The number of carboxylic acid groups (broad SMARTS) is 1. The fourth-order valence-electron chi connectivity index (χ4n) is 5.07. The summed E-state index contributed by atoms with van der Waals surface area (Å²) < 4.78 is 0. The molecule has 0 radical (unpaired) electrons. The maximum atomic E-state index is 13.1. The predicted octanol–water partition coefficient (Wildman–Crippen LogP) is 2.12. The van der Waals surface area contributed by atoms with Crippen LogP contribution in [0.4, 0.5) is 0 Å². The molecular formula is C28H27N3O6S. The third kappa shape index (κ3) is 5.04. The Hall–Kier alpha value is -4.05. The first-order valence-electron chi connectivity index (χ1n) is 12.4. The van der Waals surface area contributed by atoms with E-state index < -0.39 is 23.3 Å². The number of benzene rings is 2. The molecule has 3 amide bonds. The molecule has 9 nitrogen and oxygen atoms in total. The molecule has 196 valence electrons. The van der Waals surface area contributed by atoms with E-state index in [-0.39, 0.29) is 41.9 Å². The highest BCUT2D eigenvalue weighted by Crippen LogP contribution is 2.43. The Morgan fingerprint density at radius 1 is 1.08 bits per heavy atom. The number of allylic oxidation sites excluding steroid dienone is 1. The molecular weight excluding hydrogens is 506 g/mol. The van der Waals surface area contributed by atoms with Crippen LogP contribution in [0.3, 0.4) is 0 Å². The van der Waals surface area contributed by atoms with Gasteiger partial charge in [0, 0.05) is 24.3 Å². The number of aliphatic carboxylic acids is 1. The minimum atomic E-state index is -1.26. The molecule has 2 atom stereocenters. The van der Waals surface area contributed by atoms with Gasteiger partial charge in [-0.2, -0.15) is 0 Å². The lowest BCUT2D eigenvalue weighted by Crippen LogP contribution is -2.70. The van der Waals surface area contributed by atoms with Crippen molar-refractivity contribution in [1.82, 2.24) is 15.5 Å². The highest BCUT2D eigenvalue weighted by atomic mass is 32.2. The van der Waals surface area contributed by atoms with Crippen molar-refractivity contribution in [3.8, 4) is 5.75 Å². The average molecular weight is 534 g/mol. The van der Waals surface area contributed by atoms with Crippen LogP contribution in [0, 0.1) is 0 Å². The summed E-state index contributed by atoms with van der Waals surface area (Å²) in [7, 11) is 0. The average Bonchev–Trinajstić information content (AvgIpc) is 3.34. The molecule has 0 aromatic heterocycles. The molecule has 0 bridgehead atoms. The van der Waals surface area contributed by atoms with Crippen molar-refractivity contribution in [3.05, 3.63) is 88.1 Å². The molecule has 0 aliphatic carbocycles. The third-order valence-corrected chi connectivity index (χ3v) is 8.21. The first-order valence-corrected chi connectivity index (χ1v) is 13.4. The number of hydrogen-bond donors (Lipinski definition) is 4. The second kappa shape index (κ2) is 10.7. The van der Waals surface area contributed by atoms with Crippen molar-refractivity contribution < 1.29 is 29.4 Å². The van der Waals surface area contributed by atoms with Crippen molar-refractivity contribution in [3.63, 3.8) is 0 Å². The topological polar surface area (TPSA) is 136 Å². The van der Waals surface area contributed by atoms with Crippen LogP contribution in [-0.2, 0) is 32.0 Å². The number of carbonyl (C=O) groups excluding carboxylic acids is 3. The normalized spacial score (nSPS) is 21.9. The zero-order valence-corrected chi connectivity index (χ0v) is 21.3. The van der Waals surface area contributed by atoms with Crippen LogP contribution in [0.25, 0.3) is 0 Å². The van der Waals surface area contributed by atoms with E-state index in [2.05, 4.69) is 10.6 Å². The maximum absolute atomic E-state index is 13.1. The number of carboxylic acids is 1. The molecule has 2 saturated heterocycles. The van der Waals surface area contributed by atoms with Crippen molar-refractivity contribution in [2.45, 2.75) is 37.1 Å². The Morgan fingerprint density at radius 2 is 1.84 bits per heavy atom. The lowest BCUT2D eigenvalue weighted by Gasteiger charge is -2.49. The van der Waals surface area contributed by atoms with Gasteiger partial charge < -0.3 is 20.8 Å². The smallest absolute Gasteiger partial charge is 0.352 e. The fourth-order valence-corrected chi connectivity index (χ4v) is 6.46. The van der Waals surface area contributed by atoms with Crippen LogP contribution >= 0.6 is 11.8 Å². The number of fused-ring (bicyclic) bond motifs is 1. The van der Waals surface area contributed by atoms with E-state index in [9.17, 15) is 29.4 Å². The molecule has 0 saturated carbocycles. The molecule has 2 aromatic carbocycles. The largest absolute Gasteiger partial charge is 0.508 e. The van der Waals surface area contributed by atoms with Crippen LogP contribution in [-0.4, -0.2) is 62.5 Å². The summed E-state index contributed by atoms with van der Waals surface area (Å²) >= 11 is 1.37. The first kappa shape index (κ1) is 25.6. The molecule has 38 heavy (non-hydrogen) atoms. The van der Waals surface area contributed by atoms with E-state index in [0.717, 1.165) is 11.1 Å². The highest BCUT2D eigenvalue weighted by molar-refractivity contribution is 8.00. The quantitative estimate of drug-likeness (QED) is 0.301. The summed E-state index contributed by atoms with van der Waals surface area (Å²) in [5, 5.41) is 25.1. The van der Waals surface area contributed by atoms with Crippen molar-refractivity contribution in [2.24, 2.45) is 0 Å². The van der Waals surface area contributed by atoms with Crippen LogP contribution in [0.15, 0.2) is 77.0 Å². The number of carbonyl (C=O) groups is 4. The van der Waals surface area contributed by atoms with Crippen LogP contribution in [0.2, 0.25) is 0 Å². The number of hydrogen-bond acceptors (Lipinski definition) is 6. The Bertz CT molecular complexity index is 1370. The molecule has 10 heteroatoms. The van der Waals surface area contributed by atoms with Gasteiger partial charge in [-0.1, -0.05) is 42.5 Å². The number of thioether (sulfide) groups is 1. The van der Waals surface area contributed by atoms with Gasteiger partial charge in [0.2, 0.25) is 11.8 Å². The maximum Gasteiger partial charge on any atom is 0.352 e. The van der Waals surface area contributed by atoms with Crippen LogP contribution in [0.5, 0.6) is 5.75 Å². The predicted molar refractivity (Wildman–Crippen MR) is 141 cm³/mol. The van der Waals surface area contributed by atoms with Crippen molar-refractivity contribution in [2.75, 3.05) is 12.3 Å². The van der Waals surface area contributed by atoms with Crippen LogP contribution < -0.4 is 10.6 Å². The summed E-state index contributed by atoms with van der Waals surface area (Å²) in [6.45, 7) is 0.447. The van der Waals surface area contributed by atoms with Gasteiger partial charge in [-0.25, -0.2) is 4.79 Å². The van der Waals surface area contributed by atoms with Gasteiger partial charge in [0.1, 0.15) is 22.9 Å². The Balaban J connectivity index is 1.40. The molecule has 3 heterocycles. The number of β-lactam (4-membered cyclic amide) rings is 1. The minimum absolute atomic E-state index is 0.0667. The zero-order chi connectivity index (χ0) is 26.8. The zero-order valence-electron chi connectivity index (χ0n) is 20.5. The van der Waals surface area contributed by atoms with Gasteiger partial charge in [0.15, 0.2) is 0 Å². The number of rotatable bonds is 8. The van der Waals surface area contributed by atoms with Crippen molar-refractivity contribution >= 4 is 35.5 Å². The summed E-state index contributed by atoms with van der Waals surface area (Å²) in [6.07, 6.45) is 1.42. The van der Waals surface area contributed by atoms with E-state index in [1.807, 2.05) is 30.3 Å².